The third-order valence-electron chi connectivity index (χ3n) is 4.10. The third-order valence-corrected chi connectivity index (χ3v) is 4.34. The Kier molecular flexibility index (Phi) is 5.05. The van der Waals surface area contributed by atoms with Crippen LogP contribution in [0.15, 0.2) is 77.2 Å². The molecular formula is C22H14ClN3O2. The number of benzene rings is 3. The fourth-order valence-electron chi connectivity index (χ4n) is 2.68. The van der Waals surface area contributed by atoms with Crippen molar-refractivity contribution in [3.8, 4) is 34.4 Å². The highest BCUT2D eigenvalue weighted by atomic mass is 35.5. The van der Waals surface area contributed by atoms with Crippen molar-refractivity contribution in [1.29, 1.82) is 5.26 Å². The van der Waals surface area contributed by atoms with Crippen LogP contribution in [-0.4, -0.2) is 10.2 Å². The lowest BCUT2D eigenvalue weighted by Gasteiger charge is -2.06. The largest absolute Gasteiger partial charge is 0.484 e. The van der Waals surface area contributed by atoms with Crippen LogP contribution in [0.5, 0.6) is 5.75 Å². The first-order valence-corrected chi connectivity index (χ1v) is 8.91. The second-order valence-electron chi connectivity index (χ2n) is 6.01. The normalized spacial score (nSPS) is 10.4. The highest BCUT2D eigenvalue weighted by Crippen LogP contribution is 2.24. The van der Waals surface area contributed by atoms with Gasteiger partial charge in [0, 0.05) is 10.6 Å². The molecule has 6 heteroatoms. The molecule has 0 aliphatic heterocycles. The van der Waals surface area contributed by atoms with Gasteiger partial charge in [-0.15, -0.1) is 10.2 Å². The molecule has 1 aromatic heterocycles. The van der Waals surface area contributed by atoms with Crippen molar-refractivity contribution in [1.82, 2.24) is 10.2 Å². The van der Waals surface area contributed by atoms with Gasteiger partial charge in [0.1, 0.15) is 5.75 Å². The standard InChI is InChI=1S/C22H14ClN3O2/c23-19-3-1-2-18(12-19)22-26-25-21(28-22)14-27-20-10-8-17(9-11-20)16-6-4-15(13-24)5-7-16/h1-12H,14H2. The summed E-state index contributed by atoms with van der Waals surface area (Å²) >= 11 is 5.99. The maximum atomic E-state index is 8.88. The first-order chi connectivity index (χ1) is 13.7. The van der Waals surface area contributed by atoms with E-state index in [1.54, 1.807) is 24.3 Å². The Morgan fingerprint density at radius 3 is 2.29 bits per heavy atom. The van der Waals surface area contributed by atoms with Crippen LogP contribution in [-0.2, 0) is 6.61 Å². The van der Waals surface area contributed by atoms with Crippen molar-refractivity contribution in [2.45, 2.75) is 6.61 Å². The van der Waals surface area contributed by atoms with Crippen molar-refractivity contribution >= 4 is 11.6 Å². The van der Waals surface area contributed by atoms with Gasteiger partial charge in [0.15, 0.2) is 6.61 Å². The molecular weight excluding hydrogens is 374 g/mol. The zero-order valence-corrected chi connectivity index (χ0v) is 15.4. The molecule has 4 aromatic rings. The summed E-state index contributed by atoms with van der Waals surface area (Å²) in [6.07, 6.45) is 0. The minimum Gasteiger partial charge on any atom is -0.484 e. The lowest BCUT2D eigenvalue weighted by atomic mass is 10.0. The smallest absolute Gasteiger partial charge is 0.254 e. The number of hydrogen-bond acceptors (Lipinski definition) is 5. The zero-order valence-electron chi connectivity index (χ0n) is 14.7. The summed E-state index contributed by atoms with van der Waals surface area (Å²) in [5.74, 6) is 1.48. The molecule has 0 aliphatic carbocycles. The first-order valence-electron chi connectivity index (χ1n) is 8.53. The lowest BCUT2D eigenvalue weighted by molar-refractivity contribution is 0.264. The van der Waals surface area contributed by atoms with Gasteiger partial charge in [0.2, 0.25) is 5.89 Å². The quantitative estimate of drug-likeness (QED) is 0.451. The molecule has 5 nitrogen and oxygen atoms in total. The van der Waals surface area contributed by atoms with Crippen molar-refractivity contribution in [3.05, 3.63) is 89.3 Å². The molecule has 0 fully saturated rings. The molecule has 0 aliphatic rings. The van der Waals surface area contributed by atoms with E-state index in [-0.39, 0.29) is 6.61 Å². The van der Waals surface area contributed by atoms with Crippen LogP contribution in [0.25, 0.3) is 22.6 Å². The van der Waals surface area contributed by atoms with Gasteiger partial charge in [-0.2, -0.15) is 5.26 Å². The number of nitriles is 1. The topological polar surface area (TPSA) is 71.9 Å². The van der Waals surface area contributed by atoms with E-state index in [1.165, 1.54) is 0 Å². The van der Waals surface area contributed by atoms with Crippen LogP contribution in [0.2, 0.25) is 5.02 Å². The first kappa shape index (κ1) is 17.8. The lowest BCUT2D eigenvalue weighted by Crippen LogP contribution is -1.95. The Bertz CT molecular complexity index is 1130. The number of rotatable bonds is 5. The van der Waals surface area contributed by atoms with E-state index in [9.17, 15) is 0 Å². The average Bonchev–Trinajstić information content (AvgIpc) is 3.22. The van der Waals surface area contributed by atoms with Gasteiger partial charge in [0.25, 0.3) is 5.89 Å². The molecule has 0 radical (unpaired) electrons. The van der Waals surface area contributed by atoms with E-state index < -0.39 is 0 Å². The second-order valence-corrected chi connectivity index (χ2v) is 6.45. The predicted octanol–water partition coefficient (Wildman–Crippen LogP) is 5.51. The molecule has 0 atom stereocenters. The van der Waals surface area contributed by atoms with Crippen LogP contribution in [0, 0.1) is 11.3 Å². The van der Waals surface area contributed by atoms with Crippen LogP contribution in [0.1, 0.15) is 11.5 Å². The molecule has 0 saturated carbocycles. The molecule has 0 N–H and O–H groups in total. The van der Waals surface area contributed by atoms with E-state index in [4.69, 9.17) is 26.0 Å². The van der Waals surface area contributed by atoms with E-state index in [1.807, 2.05) is 48.5 Å². The van der Waals surface area contributed by atoms with Gasteiger partial charge in [-0.1, -0.05) is 41.9 Å². The van der Waals surface area contributed by atoms with E-state index >= 15 is 0 Å². The highest BCUT2D eigenvalue weighted by Gasteiger charge is 2.09. The Balaban J connectivity index is 1.41. The van der Waals surface area contributed by atoms with Crippen molar-refractivity contribution in [3.63, 3.8) is 0 Å². The molecule has 28 heavy (non-hydrogen) atoms. The van der Waals surface area contributed by atoms with E-state index in [0.717, 1.165) is 16.7 Å². The number of halogens is 1. The van der Waals surface area contributed by atoms with Gasteiger partial charge >= 0.3 is 0 Å². The summed E-state index contributed by atoms with van der Waals surface area (Å²) in [6, 6.07) is 24.5. The van der Waals surface area contributed by atoms with E-state index in [2.05, 4.69) is 16.3 Å². The molecule has 3 aromatic carbocycles. The Hall–Kier alpha value is -3.62. The summed E-state index contributed by atoms with van der Waals surface area (Å²) in [5.41, 5.74) is 3.48. The second kappa shape index (κ2) is 7.95. The van der Waals surface area contributed by atoms with Gasteiger partial charge in [-0.3, -0.25) is 0 Å². The Morgan fingerprint density at radius 2 is 1.61 bits per heavy atom. The summed E-state index contributed by atoms with van der Waals surface area (Å²) in [6.45, 7) is 0.170. The molecule has 0 spiro atoms. The average molecular weight is 388 g/mol. The molecule has 0 unspecified atom stereocenters. The Labute approximate surface area is 166 Å². The number of aromatic nitrogens is 2. The molecule has 1 heterocycles. The number of ether oxygens (including phenoxy) is 1. The molecule has 0 saturated heterocycles. The molecule has 0 bridgehead atoms. The minimum atomic E-state index is 0.170. The Morgan fingerprint density at radius 1 is 0.893 bits per heavy atom. The van der Waals surface area contributed by atoms with Crippen LogP contribution in [0.3, 0.4) is 0 Å². The van der Waals surface area contributed by atoms with Gasteiger partial charge in [-0.05, 0) is 53.6 Å². The monoisotopic (exact) mass is 387 g/mol. The SMILES string of the molecule is N#Cc1ccc(-c2ccc(OCc3nnc(-c4cccc(Cl)c4)o3)cc2)cc1. The molecule has 4 rings (SSSR count). The summed E-state index contributed by atoms with van der Waals surface area (Å²) in [7, 11) is 0. The van der Waals surface area contributed by atoms with Gasteiger partial charge in [0.05, 0.1) is 11.6 Å². The molecule has 136 valence electrons. The fraction of sp³-hybridized carbons (Fsp3) is 0.0455. The van der Waals surface area contributed by atoms with Gasteiger partial charge < -0.3 is 9.15 Å². The van der Waals surface area contributed by atoms with Crippen LogP contribution >= 0.6 is 11.6 Å². The molecule has 0 amide bonds. The highest BCUT2D eigenvalue weighted by molar-refractivity contribution is 6.30. The maximum Gasteiger partial charge on any atom is 0.254 e. The van der Waals surface area contributed by atoms with Crippen LogP contribution < -0.4 is 4.74 Å². The minimum absolute atomic E-state index is 0.170. The summed E-state index contributed by atoms with van der Waals surface area (Å²) in [4.78, 5) is 0. The zero-order chi connectivity index (χ0) is 19.3. The number of nitrogens with zero attached hydrogens (tertiary/aromatic N) is 3. The van der Waals surface area contributed by atoms with Crippen molar-refractivity contribution in [2.75, 3.05) is 0 Å². The summed E-state index contributed by atoms with van der Waals surface area (Å²) in [5, 5.41) is 17.5. The summed E-state index contributed by atoms with van der Waals surface area (Å²) < 4.78 is 11.4. The fourth-order valence-corrected chi connectivity index (χ4v) is 2.87. The third kappa shape index (κ3) is 4.03. The van der Waals surface area contributed by atoms with Crippen LogP contribution in [0.4, 0.5) is 0 Å². The maximum absolute atomic E-state index is 8.88. The number of hydrogen-bond donors (Lipinski definition) is 0. The van der Waals surface area contributed by atoms with Crippen molar-refractivity contribution in [2.24, 2.45) is 0 Å². The van der Waals surface area contributed by atoms with E-state index in [0.29, 0.717) is 28.1 Å². The van der Waals surface area contributed by atoms with Gasteiger partial charge in [-0.25, -0.2) is 0 Å². The van der Waals surface area contributed by atoms with Crippen molar-refractivity contribution < 1.29 is 9.15 Å². The predicted molar refractivity (Wildman–Crippen MR) is 106 cm³/mol.